The molecule has 0 fully saturated rings. The van der Waals surface area contributed by atoms with Crippen LogP contribution in [0.5, 0.6) is 0 Å². The Hall–Kier alpha value is -3.40. The number of nitrogens with one attached hydrogen (secondary N) is 1. The van der Waals surface area contributed by atoms with E-state index in [4.69, 9.17) is 4.98 Å². The molecule has 2 heterocycles. The molecular weight excluding hydrogens is 320 g/mol. The van der Waals surface area contributed by atoms with Gasteiger partial charge in [0.1, 0.15) is 0 Å². The summed E-state index contributed by atoms with van der Waals surface area (Å²) >= 11 is 0. The molecule has 2 aromatic heterocycles. The maximum Gasteiger partial charge on any atom is 0.0731 e. The number of aromatic nitrogens is 2. The summed E-state index contributed by atoms with van der Waals surface area (Å²) < 4.78 is 0. The zero-order valence-electron chi connectivity index (χ0n) is 14.8. The highest BCUT2D eigenvalue weighted by Gasteiger charge is 2.09. The van der Waals surface area contributed by atoms with E-state index in [1.807, 2.05) is 44.4 Å². The standard InChI is InChI=1S/C22H20N4/c1-26(2)18-7-5-6-16(14-18)21-15-22(24-17-10-12-23-13-11-17)19-8-3-4-9-20(19)25-21/h3-15H,1-2H3,(H,23,24,25). The monoisotopic (exact) mass is 340 g/mol. The van der Waals surface area contributed by atoms with Crippen LogP contribution in [0.15, 0.2) is 79.1 Å². The first-order valence-electron chi connectivity index (χ1n) is 8.55. The van der Waals surface area contributed by atoms with Gasteiger partial charge < -0.3 is 10.2 Å². The number of nitrogens with zero attached hydrogens (tertiary/aromatic N) is 3. The van der Waals surface area contributed by atoms with Gasteiger partial charge in [-0.1, -0.05) is 30.3 Å². The molecule has 0 atom stereocenters. The highest BCUT2D eigenvalue weighted by Crippen LogP contribution is 2.31. The predicted molar refractivity (Wildman–Crippen MR) is 109 cm³/mol. The number of anilines is 3. The first kappa shape index (κ1) is 16.1. The van der Waals surface area contributed by atoms with Crippen LogP contribution in [0.2, 0.25) is 0 Å². The number of benzene rings is 2. The van der Waals surface area contributed by atoms with Crippen LogP contribution in [0.25, 0.3) is 22.2 Å². The van der Waals surface area contributed by atoms with E-state index >= 15 is 0 Å². The van der Waals surface area contributed by atoms with Crippen molar-refractivity contribution in [2.45, 2.75) is 0 Å². The molecule has 0 bridgehead atoms. The van der Waals surface area contributed by atoms with Crippen LogP contribution in [0.1, 0.15) is 0 Å². The summed E-state index contributed by atoms with van der Waals surface area (Å²) in [5, 5.41) is 4.60. The molecule has 4 heteroatoms. The van der Waals surface area contributed by atoms with Crippen molar-refractivity contribution in [3.05, 3.63) is 79.1 Å². The van der Waals surface area contributed by atoms with Crippen LogP contribution in [0, 0.1) is 0 Å². The van der Waals surface area contributed by atoms with Gasteiger partial charge in [0.2, 0.25) is 0 Å². The lowest BCUT2D eigenvalue weighted by molar-refractivity contribution is 1.13. The lowest BCUT2D eigenvalue weighted by Gasteiger charge is -2.15. The quantitative estimate of drug-likeness (QED) is 0.561. The van der Waals surface area contributed by atoms with Gasteiger partial charge in [-0.25, -0.2) is 4.98 Å². The molecule has 0 aliphatic rings. The highest BCUT2D eigenvalue weighted by atomic mass is 15.1. The predicted octanol–water partition coefficient (Wildman–Crippen LogP) is 5.11. The van der Waals surface area contributed by atoms with Crippen LogP contribution in [-0.4, -0.2) is 24.1 Å². The van der Waals surface area contributed by atoms with E-state index in [1.54, 1.807) is 12.4 Å². The van der Waals surface area contributed by atoms with Crippen molar-refractivity contribution < 1.29 is 0 Å². The molecule has 0 aliphatic carbocycles. The fourth-order valence-corrected chi connectivity index (χ4v) is 2.96. The normalized spacial score (nSPS) is 10.7. The lowest BCUT2D eigenvalue weighted by Crippen LogP contribution is -2.08. The molecule has 0 amide bonds. The minimum Gasteiger partial charge on any atom is -0.378 e. The van der Waals surface area contributed by atoms with E-state index in [2.05, 4.69) is 51.6 Å². The minimum absolute atomic E-state index is 0.948. The van der Waals surface area contributed by atoms with Crippen molar-refractivity contribution in [3.63, 3.8) is 0 Å². The van der Waals surface area contributed by atoms with Crippen LogP contribution in [0.4, 0.5) is 17.1 Å². The molecule has 0 aliphatic heterocycles. The van der Waals surface area contributed by atoms with Gasteiger partial charge in [-0.05, 0) is 36.4 Å². The Bertz CT molecular complexity index is 1040. The molecule has 2 aromatic carbocycles. The lowest BCUT2D eigenvalue weighted by atomic mass is 10.1. The molecular formula is C22H20N4. The highest BCUT2D eigenvalue weighted by molar-refractivity contribution is 5.95. The van der Waals surface area contributed by atoms with Crippen LogP contribution >= 0.6 is 0 Å². The summed E-state index contributed by atoms with van der Waals surface area (Å²) in [6.07, 6.45) is 3.57. The van der Waals surface area contributed by atoms with Gasteiger partial charge in [0, 0.05) is 48.8 Å². The summed E-state index contributed by atoms with van der Waals surface area (Å²) in [6, 6.07) is 22.6. The number of hydrogen-bond donors (Lipinski definition) is 1. The molecule has 1 N–H and O–H groups in total. The fraction of sp³-hybridized carbons (Fsp3) is 0.0909. The number of pyridine rings is 2. The van der Waals surface area contributed by atoms with E-state index in [0.717, 1.165) is 39.2 Å². The molecule has 0 unspecified atom stereocenters. The van der Waals surface area contributed by atoms with Crippen molar-refractivity contribution in [2.24, 2.45) is 0 Å². The van der Waals surface area contributed by atoms with Crippen LogP contribution in [-0.2, 0) is 0 Å². The third-order valence-corrected chi connectivity index (χ3v) is 4.33. The Balaban J connectivity index is 1.85. The molecule has 4 rings (SSSR count). The molecule has 0 saturated heterocycles. The molecule has 0 radical (unpaired) electrons. The molecule has 128 valence electrons. The molecule has 26 heavy (non-hydrogen) atoms. The molecule has 0 saturated carbocycles. The van der Waals surface area contributed by atoms with Crippen molar-refractivity contribution in [3.8, 4) is 11.3 Å². The zero-order chi connectivity index (χ0) is 17.9. The van der Waals surface area contributed by atoms with Gasteiger partial charge in [0.05, 0.1) is 16.9 Å². The Labute approximate surface area is 153 Å². The summed E-state index contributed by atoms with van der Waals surface area (Å²) in [5.41, 5.74) is 6.21. The Morgan fingerprint density at radius 2 is 1.65 bits per heavy atom. The molecule has 4 aromatic rings. The summed E-state index contributed by atoms with van der Waals surface area (Å²) in [6.45, 7) is 0. The average Bonchev–Trinajstić information content (AvgIpc) is 2.69. The second kappa shape index (κ2) is 6.84. The number of para-hydroxylation sites is 1. The van der Waals surface area contributed by atoms with Crippen LogP contribution < -0.4 is 10.2 Å². The van der Waals surface area contributed by atoms with Gasteiger partial charge in [-0.15, -0.1) is 0 Å². The van der Waals surface area contributed by atoms with E-state index in [9.17, 15) is 0 Å². The van der Waals surface area contributed by atoms with Crippen molar-refractivity contribution in [1.29, 1.82) is 0 Å². The zero-order valence-corrected chi connectivity index (χ0v) is 14.8. The Kier molecular flexibility index (Phi) is 4.23. The second-order valence-corrected chi connectivity index (χ2v) is 6.38. The molecule has 0 spiro atoms. The van der Waals surface area contributed by atoms with Gasteiger partial charge in [-0.3, -0.25) is 4.98 Å². The third kappa shape index (κ3) is 3.22. The topological polar surface area (TPSA) is 41.0 Å². The van der Waals surface area contributed by atoms with Crippen LogP contribution in [0.3, 0.4) is 0 Å². The van der Waals surface area contributed by atoms with Crippen molar-refractivity contribution >= 4 is 28.0 Å². The third-order valence-electron chi connectivity index (χ3n) is 4.33. The maximum atomic E-state index is 4.88. The van der Waals surface area contributed by atoms with Gasteiger partial charge in [-0.2, -0.15) is 0 Å². The Morgan fingerprint density at radius 3 is 2.46 bits per heavy atom. The summed E-state index contributed by atoms with van der Waals surface area (Å²) in [4.78, 5) is 11.1. The average molecular weight is 340 g/mol. The summed E-state index contributed by atoms with van der Waals surface area (Å²) in [5.74, 6) is 0. The van der Waals surface area contributed by atoms with E-state index in [-0.39, 0.29) is 0 Å². The fourth-order valence-electron chi connectivity index (χ4n) is 2.96. The summed E-state index contributed by atoms with van der Waals surface area (Å²) in [7, 11) is 4.09. The smallest absolute Gasteiger partial charge is 0.0731 e. The largest absolute Gasteiger partial charge is 0.378 e. The first-order valence-corrected chi connectivity index (χ1v) is 8.55. The number of fused-ring (bicyclic) bond motifs is 1. The minimum atomic E-state index is 0.948. The molecule has 4 nitrogen and oxygen atoms in total. The van der Waals surface area contributed by atoms with E-state index in [0.29, 0.717) is 0 Å². The van der Waals surface area contributed by atoms with Gasteiger partial charge in [0.25, 0.3) is 0 Å². The maximum absolute atomic E-state index is 4.88. The van der Waals surface area contributed by atoms with E-state index < -0.39 is 0 Å². The number of rotatable bonds is 4. The second-order valence-electron chi connectivity index (χ2n) is 6.38. The number of hydrogen-bond acceptors (Lipinski definition) is 4. The Morgan fingerprint density at radius 1 is 0.846 bits per heavy atom. The van der Waals surface area contributed by atoms with Crippen molar-refractivity contribution in [2.75, 3.05) is 24.3 Å². The van der Waals surface area contributed by atoms with Gasteiger partial charge >= 0.3 is 0 Å². The van der Waals surface area contributed by atoms with Gasteiger partial charge in [0.15, 0.2) is 0 Å². The first-order chi connectivity index (χ1) is 12.7. The SMILES string of the molecule is CN(C)c1cccc(-c2cc(Nc3ccncc3)c3ccccc3n2)c1. The van der Waals surface area contributed by atoms with Crippen molar-refractivity contribution in [1.82, 2.24) is 9.97 Å². The van der Waals surface area contributed by atoms with E-state index in [1.165, 1.54) is 0 Å².